The average molecular weight is 352 g/mol. The molecule has 0 aliphatic rings. The fourth-order valence-electron chi connectivity index (χ4n) is 2.23. The summed E-state index contributed by atoms with van der Waals surface area (Å²) in [6, 6.07) is 6.34. The molecule has 2 rings (SSSR count). The summed E-state index contributed by atoms with van der Waals surface area (Å²) in [5.41, 5.74) is 0.689. The summed E-state index contributed by atoms with van der Waals surface area (Å²) in [4.78, 5) is 27.4. The van der Waals surface area contributed by atoms with Crippen LogP contribution in [0.4, 0.5) is 10.1 Å². The van der Waals surface area contributed by atoms with E-state index < -0.39 is 11.9 Å². The number of hydrogen-bond donors (Lipinski definition) is 2. The molecule has 0 saturated carbocycles. The van der Waals surface area contributed by atoms with Crippen LogP contribution in [0, 0.1) is 5.95 Å². The van der Waals surface area contributed by atoms with Crippen LogP contribution in [0.25, 0.3) is 0 Å². The van der Waals surface area contributed by atoms with Crippen LogP contribution in [0.1, 0.15) is 34.4 Å². The molecular weight excluding hydrogens is 335 g/mol. The van der Waals surface area contributed by atoms with Crippen molar-refractivity contribution in [2.24, 2.45) is 0 Å². The topological polar surface area (TPSA) is 90.7 Å². The van der Waals surface area contributed by atoms with Crippen LogP contribution < -0.4 is 4.90 Å². The number of hydrogen-bond acceptors (Lipinski definition) is 5. The zero-order valence-corrected chi connectivity index (χ0v) is 13.8. The van der Waals surface area contributed by atoms with Crippen LogP contribution >= 0.6 is 11.3 Å². The largest absolute Gasteiger partial charge is 0.508 e. The first kappa shape index (κ1) is 17.9. The van der Waals surface area contributed by atoms with Crippen molar-refractivity contribution in [2.75, 3.05) is 11.4 Å². The number of carbonyl (C=O) groups excluding carboxylic acids is 1. The predicted molar refractivity (Wildman–Crippen MR) is 88.1 cm³/mol. The van der Waals surface area contributed by atoms with Gasteiger partial charge in [-0.15, -0.1) is 11.3 Å². The van der Waals surface area contributed by atoms with E-state index in [4.69, 9.17) is 5.11 Å². The number of aromatic hydroxyl groups is 1. The van der Waals surface area contributed by atoms with Crippen LogP contribution in [0.2, 0.25) is 0 Å². The summed E-state index contributed by atoms with van der Waals surface area (Å²) in [6.45, 7) is 1.93. The molecular formula is C16H17FN2O4S. The minimum Gasteiger partial charge on any atom is -0.508 e. The molecule has 24 heavy (non-hydrogen) atoms. The third-order valence-corrected chi connectivity index (χ3v) is 4.47. The molecule has 1 aromatic carbocycles. The lowest BCUT2D eigenvalue weighted by molar-refractivity contribution is -0.116. The third-order valence-electron chi connectivity index (χ3n) is 3.39. The number of thiazole rings is 1. The van der Waals surface area contributed by atoms with Gasteiger partial charge in [-0.25, -0.2) is 9.78 Å². The molecule has 0 fully saturated rings. The zero-order chi connectivity index (χ0) is 17.7. The number of nitrogens with zero attached hydrogens (tertiary/aromatic N) is 2. The number of rotatable bonds is 7. The molecule has 8 heteroatoms. The standard InChI is InChI=1S/C16H17FN2O4S/c1-10(20)19(11-5-7-12(21)8-6-11)9-3-2-4-13-18-15(17)14(24-13)16(22)23/h5-8,21H,2-4,9H2,1H3,(H,22,23). The Kier molecular flexibility index (Phi) is 5.86. The SMILES string of the molecule is CC(=O)N(CCCCc1nc(F)c(C(=O)O)s1)c1ccc(O)cc1. The molecule has 2 aromatic rings. The molecule has 0 atom stereocenters. The van der Waals surface area contributed by atoms with Gasteiger partial charge in [0.15, 0.2) is 4.88 Å². The highest BCUT2D eigenvalue weighted by atomic mass is 32.1. The number of aromatic carboxylic acids is 1. The van der Waals surface area contributed by atoms with Crippen LogP contribution in [0.3, 0.4) is 0 Å². The molecule has 0 saturated heterocycles. The van der Waals surface area contributed by atoms with Gasteiger partial charge < -0.3 is 15.1 Å². The van der Waals surface area contributed by atoms with Gasteiger partial charge >= 0.3 is 5.97 Å². The van der Waals surface area contributed by atoms with Crippen molar-refractivity contribution in [1.29, 1.82) is 0 Å². The van der Waals surface area contributed by atoms with Crippen molar-refractivity contribution in [3.05, 3.63) is 40.1 Å². The Hall–Kier alpha value is -2.48. The smallest absolute Gasteiger partial charge is 0.350 e. The number of phenols is 1. The second-order valence-electron chi connectivity index (χ2n) is 5.18. The molecule has 0 bridgehead atoms. The van der Waals surface area contributed by atoms with Crippen LogP contribution in [-0.2, 0) is 11.2 Å². The number of halogens is 1. The van der Waals surface area contributed by atoms with Gasteiger partial charge in [-0.2, -0.15) is 4.39 Å². The highest BCUT2D eigenvalue weighted by molar-refractivity contribution is 7.13. The van der Waals surface area contributed by atoms with E-state index in [1.807, 2.05) is 0 Å². The van der Waals surface area contributed by atoms with Gasteiger partial charge in [-0.1, -0.05) is 0 Å². The highest BCUT2D eigenvalue weighted by Crippen LogP contribution is 2.21. The fourth-order valence-corrected chi connectivity index (χ4v) is 3.05. The number of amides is 1. The molecule has 0 aliphatic heterocycles. The fraction of sp³-hybridized carbons (Fsp3) is 0.312. The molecule has 1 heterocycles. The van der Waals surface area contributed by atoms with E-state index in [1.54, 1.807) is 17.0 Å². The summed E-state index contributed by atoms with van der Waals surface area (Å²) >= 11 is 0.837. The molecule has 1 amide bonds. The van der Waals surface area contributed by atoms with E-state index in [0.717, 1.165) is 11.3 Å². The number of benzene rings is 1. The first-order valence-electron chi connectivity index (χ1n) is 7.34. The molecule has 0 radical (unpaired) electrons. The number of aryl methyl sites for hydroxylation is 1. The normalized spacial score (nSPS) is 10.6. The maximum Gasteiger partial charge on any atom is 0.350 e. The predicted octanol–water partition coefficient (Wildman–Crippen LogP) is 3.06. The Morgan fingerprint density at radius 2 is 1.92 bits per heavy atom. The molecule has 2 N–H and O–H groups in total. The number of phenolic OH excluding ortho intramolecular Hbond substituents is 1. The van der Waals surface area contributed by atoms with E-state index in [-0.39, 0.29) is 16.5 Å². The molecule has 0 aliphatic carbocycles. The van der Waals surface area contributed by atoms with Crippen molar-refractivity contribution in [1.82, 2.24) is 4.98 Å². The van der Waals surface area contributed by atoms with Crippen molar-refractivity contribution >= 4 is 28.9 Å². The van der Waals surface area contributed by atoms with Crippen LogP contribution in [0.5, 0.6) is 5.75 Å². The number of carbonyl (C=O) groups is 2. The van der Waals surface area contributed by atoms with E-state index in [9.17, 15) is 19.1 Å². The van der Waals surface area contributed by atoms with E-state index in [1.165, 1.54) is 19.1 Å². The van der Waals surface area contributed by atoms with Gasteiger partial charge in [0.05, 0.1) is 5.01 Å². The van der Waals surface area contributed by atoms with E-state index in [2.05, 4.69) is 4.98 Å². The maximum absolute atomic E-state index is 13.3. The van der Waals surface area contributed by atoms with Gasteiger partial charge in [0.1, 0.15) is 5.75 Å². The van der Waals surface area contributed by atoms with Crippen LogP contribution in [0.15, 0.2) is 24.3 Å². The Morgan fingerprint density at radius 3 is 2.46 bits per heavy atom. The second kappa shape index (κ2) is 7.87. The first-order chi connectivity index (χ1) is 11.4. The summed E-state index contributed by atoms with van der Waals surface area (Å²) < 4.78 is 13.3. The molecule has 1 aromatic heterocycles. The monoisotopic (exact) mass is 352 g/mol. The van der Waals surface area contributed by atoms with Crippen molar-refractivity contribution in [3.8, 4) is 5.75 Å². The van der Waals surface area contributed by atoms with E-state index >= 15 is 0 Å². The maximum atomic E-state index is 13.3. The molecule has 6 nitrogen and oxygen atoms in total. The van der Waals surface area contributed by atoms with Crippen molar-refractivity contribution in [3.63, 3.8) is 0 Å². The second-order valence-corrected chi connectivity index (χ2v) is 6.26. The minimum absolute atomic E-state index is 0.117. The number of carboxylic acids is 1. The van der Waals surface area contributed by atoms with Crippen molar-refractivity contribution in [2.45, 2.75) is 26.2 Å². The summed E-state index contributed by atoms with van der Waals surface area (Å²) in [6.07, 6.45) is 1.76. The lowest BCUT2D eigenvalue weighted by Crippen LogP contribution is -2.29. The van der Waals surface area contributed by atoms with Crippen molar-refractivity contribution < 1.29 is 24.2 Å². The average Bonchev–Trinajstić information content (AvgIpc) is 2.89. The number of unbranched alkanes of at least 4 members (excludes halogenated alkanes) is 1. The first-order valence-corrected chi connectivity index (χ1v) is 8.15. The molecule has 0 unspecified atom stereocenters. The van der Waals surface area contributed by atoms with Gasteiger partial charge in [-0.05, 0) is 43.5 Å². The Morgan fingerprint density at radius 1 is 1.25 bits per heavy atom. The minimum atomic E-state index is -1.31. The quantitative estimate of drug-likeness (QED) is 0.748. The summed E-state index contributed by atoms with van der Waals surface area (Å²) in [5.74, 6) is -2.25. The molecule has 0 spiro atoms. The number of aromatic nitrogens is 1. The summed E-state index contributed by atoms with van der Waals surface area (Å²) in [7, 11) is 0. The Bertz CT molecular complexity index is 730. The number of anilines is 1. The van der Waals surface area contributed by atoms with Gasteiger partial charge in [0, 0.05) is 19.2 Å². The zero-order valence-electron chi connectivity index (χ0n) is 13.0. The van der Waals surface area contributed by atoms with Gasteiger partial charge in [0.2, 0.25) is 11.9 Å². The van der Waals surface area contributed by atoms with Gasteiger partial charge in [0.25, 0.3) is 0 Å². The lowest BCUT2D eigenvalue weighted by Gasteiger charge is -2.21. The highest BCUT2D eigenvalue weighted by Gasteiger charge is 2.17. The number of carboxylic acid groups (broad SMARTS) is 1. The lowest BCUT2D eigenvalue weighted by atomic mass is 10.2. The Labute approximate surface area is 142 Å². The van der Waals surface area contributed by atoms with E-state index in [0.29, 0.717) is 36.5 Å². The molecule has 128 valence electrons. The summed E-state index contributed by atoms with van der Waals surface area (Å²) in [5, 5.41) is 18.5. The van der Waals surface area contributed by atoms with Gasteiger partial charge in [-0.3, -0.25) is 4.79 Å². The Balaban J connectivity index is 1.89. The third kappa shape index (κ3) is 4.51. The van der Waals surface area contributed by atoms with Crippen LogP contribution in [-0.4, -0.2) is 33.6 Å².